The van der Waals surface area contributed by atoms with Gasteiger partial charge in [-0.3, -0.25) is 14.4 Å². The van der Waals surface area contributed by atoms with Crippen LogP contribution >= 0.6 is 0 Å². The van der Waals surface area contributed by atoms with Crippen molar-refractivity contribution in [2.45, 2.75) is 239 Å². The van der Waals surface area contributed by atoms with E-state index in [4.69, 9.17) is 14.2 Å². The lowest BCUT2D eigenvalue weighted by Gasteiger charge is -2.18. The number of ether oxygens (including phenoxy) is 3. The van der Waals surface area contributed by atoms with Gasteiger partial charge >= 0.3 is 17.9 Å². The van der Waals surface area contributed by atoms with Crippen LogP contribution in [0.4, 0.5) is 0 Å². The van der Waals surface area contributed by atoms with Crippen molar-refractivity contribution in [3.63, 3.8) is 0 Å². The maximum absolute atomic E-state index is 12.9. The van der Waals surface area contributed by atoms with Gasteiger partial charge in [-0.15, -0.1) is 0 Å². The first-order chi connectivity index (χ1) is 38.5. The Hall–Kier alpha value is -5.49. The van der Waals surface area contributed by atoms with Crippen molar-refractivity contribution in [3.05, 3.63) is 182 Å². The van der Waals surface area contributed by atoms with Gasteiger partial charge in [-0.1, -0.05) is 248 Å². The lowest BCUT2D eigenvalue weighted by molar-refractivity contribution is -0.167. The van der Waals surface area contributed by atoms with Crippen molar-refractivity contribution < 1.29 is 28.6 Å². The zero-order valence-corrected chi connectivity index (χ0v) is 49.6. The topological polar surface area (TPSA) is 78.9 Å². The van der Waals surface area contributed by atoms with Crippen molar-refractivity contribution in [3.8, 4) is 0 Å². The van der Waals surface area contributed by atoms with Gasteiger partial charge in [-0.25, -0.2) is 0 Å². The Morgan fingerprint density at radius 3 is 0.833 bits per heavy atom. The number of esters is 3. The number of hydrogen-bond acceptors (Lipinski definition) is 6. The predicted octanol–water partition coefficient (Wildman–Crippen LogP) is 21.3. The molecule has 1 unspecified atom stereocenters. The second-order valence-corrected chi connectivity index (χ2v) is 19.5. The fourth-order valence-corrected chi connectivity index (χ4v) is 7.59. The molecule has 1 atom stereocenters. The van der Waals surface area contributed by atoms with E-state index in [0.29, 0.717) is 19.3 Å². The van der Waals surface area contributed by atoms with Gasteiger partial charge in [0.15, 0.2) is 6.10 Å². The molecule has 0 aliphatic rings. The average molecular weight is 1070 g/mol. The molecule has 434 valence electrons. The number of carbonyl (C=O) groups excluding carboxylic acids is 3. The summed E-state index contributed by atoms with van der Waals surface area (Å²) in [6.45, 7) is 6.26. The van der Waals surface area contributed by atoms with E-state index in [0.717, 1.165) is 173 Å². The molecule has 78 heavy (non-hydrogen) atoms. The van der Waals surface area contributed by atoms with Crippen LogP contribution < -0.4 is 0 Å². The highest BCUT2D eigenvalue weighted by molar-refractivity contribution is 5.71. The summed E-state index contributed by atoms with van der Waals surface area (Å²) in [7, 11) is 0. The fourth-order valence-electron chi connectivity index (χ4n) is 7.59. The third-order valence-corrected chi connectivity index (χ3v) is 12.1. The monoisotopic (exact) mass is 1070 g/mol. The first-order valence-electron chi connectivity index (χ1n) is 30.8. The van der Waals surface area contributed by atoms with Crippen LogP contribution in [0, 0.1) is 0 Å². The van der Waals surface area contributed by atoms with E-state index in [1.807, 2.05) is 0 Å². The molecule has 0 aliphatic heterocycles. The Labute approximate surface area is 478 Å². The van der Waals surface area contributed by atoms with Crippen molar-refractivity contribution in [1.29, 1.82) is 0 Å². The first-order valence-corrected chi connectivity index (χ1v) is 30.8. The zero-order valence-electron chi connectivity index (χ0n) is 49.6. The number of unbranched alkanes of at least 4 members (excludes halogenated alkanes) is 12. The molecule has 0 radical (unpaired) electrons. The molecule has 6 nitrogen and oxygen atoms in total. The molecule has 0 heterocycles. The van der Waals surface area contributed by atoms with Gasteiger partial charge in [0, 0.05) is 19.3 Å². The Morgan fingerprint density at radius 2 is 0.513 bits per heavy atom. The van der Waals surface area contributed by atoms with Crippen LogP contribution in [-0.2, 0) is 28.6 Å². The minimum absolute atomic E-state index is 0.121. The molecule has 0 aromatic carbocycles. The van der Waals surface area contributed by atoms with Crippen LogP contribution in [0.25, 0.3) is 0 Å². The molecule has 0 saturated carbocycles. The number of allylic oxidation sites excluding steroid dienone is 30. The Morgan fingerprint density at radius 1 is 0.269 bits per heavy atom. The molecule has 0 N–H and O–H groups in total. The minimum atomic E-state index is -0.831. The van der Waals surface area contributed by atoms with E-state index in [1.165, 1.54) is 12.8 Å². The SMILES string of the molecule is CC/C=C\C/C=C\C/C=C\C/C=C\C/C=C\C/C=C\C/C=C\CCCCCCCC(=O)OCC(COC(=O)CCCCCCC/C=C\CCC)OC(=O)CCC/C=C\C/C=C\C/C=C\C/C=C\C/C=C\C/C=C\C/C=C\CC. The molecule has 0 amide bonds. The van der Waals surface area contributed by atoms with Crippen LogP contribution in [-0.4, -0.2) is 37.2 Å². The van der Waals surface area contributed by atoms with E-state index in [-0.39, 0.29) is 37.5 Å². The number of carbonyl (C=O) groups is 3. The molecule has 0 aliphatic carbocycles. The van der Waals surface area contributed by atoms with Crippen molar-refractivity contribution >= 4 is 17.9 Å². The lowest BCUT2D eigenvalue weighted by Crippen LogP contribution is -2.30. The molecule has 0 aromatic heterocycles. The first kappa shape index (κ1) is 72.5. The van der Waals surface area contributed by atoms with Gasteiger partial charge in [-0.2, -0.15) is 0 Å². The van der Waals surface area contributed by atoms with Gasteiger partial charge in [0.25, 0.3) is 0 Å². The number of hydrogen-bond donors (Lipinski definition) is 0. The third-order valence-electron chi connectivity index (χ3n) is 12.1. The van der Waals surface area contributed by atoms with Gasteiger partial charge in [0.2, 0.25) is 0 Å². The normalized spacial score (nSPS) is 13.4. The summed E-state index contributed by atoms with van der Waals surface area (Å²) in [4.78, 5) is 38.2. The molecule has 0 spiro atoms. The van der Waals surface area contributed by atoms with E-state index in [2.05, 4.69) is 203 Å². The van der Waals surface area contributed by atoms with Crippen LogP contribution in [0.5, 0.6) is 0 Å². The van der Waals surface area contributed by atoms with Gasteiger partial charge in [0.05, 0.1) is 0 Å². The zero-order chi connectivity index (χ0) is 56.4. The molecular formula is C72H110O6. The molecule has 0 fully saturated rings. The third kappa shape index (κ3) is 61.4. The van der Waals surface area contributed by atoms with Gasteiger partial charge in [-0.05, 0) is 148 Å². The van der Waals surface area contributed by atoms with E-state index < -0.39 is 6.10 Å². The summed E-state index contributed by atoms with van der Waals surface area (Å²) >= 11 is 0. The molecule has 0 saturated heterocycles. The maximum Gasteiger partial charge on any atom is 0.306 e. The van der Waals surface area contributed by atoms with E-state index in [1.54, 1.807) is 0 Å². The van der Waals surface area contributed by atoms with Crippen LogP contribution in [0.2, 0.25) is 0 Å². The van der Waals surface area contributed by atoms with Crippen LogP contribution in [0.15, 0.2) is 182 Å². The van der Waals surface area contributed by atoms with E-state index in [9.17, 15) is 14.4 Å². The summed E-state index contributed by atoms with van der Waals surface area (Å²) in [5, 5.41) is 0. The highest BCUT2D eigenvalue weighted by Gasteiger charge is 2.19. The standard InChI is InChI=1S/C72H110O6/c1-4-7-10-13-16-19-22-24-26-28-30-32-34-35-36-37-39-40-42-44-46-48-50-53-56-59-62-65-71(74)77-68-69(67-76-70(73)64-61-58-55-52-21-18-15-12-9-6-3)78-72(75)66-63-60-57-54-51-49-47-45-43-41-38-33-31-29-27-25-23-20-17-14-11-8-5-2/h7-8,10-12,15-17,19-20,24-27,30-33,35-36,39-41,43-44,46-47,49,54,57,69H,4-6,9,13-14,18,21-23,28-29,34,37-38,42,45,48,50-53,55-56,58-68H2,1-3H3/b10-7-,11-8-,15-12-,19-16-,20-17-,26-24-,27-25-,32-30-,33-31-,36-35-,40-39-,43-41-,46-44-,49-47-,57-54-. The largest absolute Gasteiger partial charge is 0.462 e. The summed E-state index contributed by atoms with van der Waals surface area (Å²) in [6, 6.07) is 0. The summed E-state index contributed by atoms with van der Waals surface area (Å²) in [6.07, 6.45) is 96.2. The van der Waals surface area contributed by atoms with E-state index >= 15 is 0 Å². The summed E-state index contributed by atoms with van der Waals surface area (Å²) in [5.41, 5.74) is 0. The second-order valence-electron chi connectivity index (χ2n) is 19.5. The van der Waals surface area contributed by atoms with Crippen LogP contribution in [0.3, 0.4) is 0 Å². The summed E-state index contributed by atoms with van der Waals surface area (Å²) in [5.74, 6) is -1.02. The minimum Gasteiger partial charge on any atom is -0.462 e. The second kappa shape index (κ2) is 64.0. The predicted molar refractivity (Wildman–Crippen MR) is 338 cm³/mol. The summed E-state index contributed by atoms with van der Waals surface area (Å²) < 4.78 is 16.8. The number of rotatable bonds is 53. The highest BCUT2D eigenvalue weighted by atomic mass is 16.6. The molecule has 0 rings (SSSR count). The van der Waals surface area contributed by atoms with Gasteiger partial charge in [0.1, 0.15) is 13.2 Å². The molecule has 0 bridgehead atoms. The lowest BCUT2D eigenvalue weighted by atomic mass is 10.1. The maximum atomic E-state index is 12.9. The molecular weight excluding hydrogens is 961 g/mol. The van der Waals surface area contributed by atoms with Crippen LogP contribution in [0.1, 0.15) is 233 Å². The highest BCUT2D eigenvalue weighted by Crippen LogP contribution is 2.12. The van der Waals surface area contributed by atoms with Gasteiger partial charge < -0.3 is 14.2 Å². The smallest absolute Gasteiger partial charge is 0.306 e. The quantitative estimate of drug-likeness (QED) is 0.0261. The molecule has 6 heteroatoms. The Kier molecular flexibility index (Phi) is 59.5. The Balaban J connectivity index is 4.46. The van der Waals surface area contributed by atoms with Crippen molar-refractivity contribution in [2.24, 2.45) is 0 Å². The van der Waals surface area contributed by atoms with Crippen molar-refractivity contribution in [2.75, 3.05) is 13.2 Å². The average Bonchev–Trinajstić information content (AvgIpc) is 3.44. The van der Waals surface area contributed by atoms with Crippen molar-refractivity contribution in [1.82, 2.24) is 0 Å². The molecule has 0 aromatic rings. The Bertz CT molecular complexity index is 1850. The fraction of sp³-hybridized carbons (Fsp3) is 0.542.